The van der Waals surface area contributed by atoms with Crippen LogP contribution in [0.5, 0.6) is 0 Å². The third kappa shape index (κ3) is 2.78. The first-order valence-electron chi connectivity index (χ1n) is 7.20. The molecule has 0 fully saturated rings. The fourth-order valence-corrected chi connectivity index (χ4v) is 2.64. The van der Waals surface area contributed by atoms with Gasteiger partial charge in [0.1, 0.15) is 12.4 Å². The predicted molar refractivity (Wildman–Crippen MR) is 89.2 cm³/mol. The van der Waals surface area contributed by atoms with E-state index in [4.69, 9.17) is 11.6 Å². The second kappa shape index (κ2) is 6.45. The van der Waals surface area contributed by atoms with Gasteiger partial charge in [-0.05, 0) is 6.07 Å². The lowest BCUT2D eigenvalue weighted by Gasteiger charge is -2.10. The normalized spacial score (nSPS) is 11.0. The molecule has 124 valence electrons. The van der Waals surface area contributed by atoms with Crippen molar-refractivity contribution in [2.24, 2.45) is 7.05 Å². The molecule has 1 aromatic carbocycles. The average molecular weight is 349 g/mol. The van der Waals surface area contributed by atoms with E-state index in [0.717, 1.165) is 0 Å². The number of benzene rings is 1. The molecule has 0 saturated heterocycles. The molecule has 0 aliphatic rings. The third-order valence-electron chi connectivity index (χ3n) is 3.61. The summed E-state index contributed by atoms with van der Waals surface area (Å²) >= 11 is 6.21. The van der Waals surface area contributed by atoms with Gasteiger partial charge in [0.2, 0.25) is 5.65 Å². The van der Waals surface area contributed by atoms with Crippen LogP contribution in [0.25, 0.3) is 16.9 Å². The first-order valence-corrected chi connectivity index (χ1v) is 7.58. The van der Waals surface area contributed by atoms with Crippen LogP contribution in [0.1, 0.15) is 10.5 Å². The summed E-state index contributed by atoms with van der Waals surface area (Å²) < 4.78 is 15.1. The maximum absolute atomic E-state index is 12.5. The Labute approximate surface area is 141 Å². The summed E-state index contributed by atoms with van der Waals surface area (Å²) in [7, 11) is 1.61. The van der Waals surface area contributed by atoms with Gasteiger partial charge in [-0.3, -0.25) is 14.0 Å². The van der Waals surface area contributed by atoms with E-state index in [1.54, 1.807) is 31.4 Å². The Morgan fingerprint density at radius 1 is 1.33 bits per heavy atom. The molecule has 0 aliphatic carbocycles. The molecule has 2 heterocycles. The number of alkyl halides is 1. The maximum Gasteiger partial charge on any atom is 0.294 e. The number of nitrogens with zero attached hydrogens (tertiary/aromatic N) is 3. The monoisotopic (exact) mass is 348 g/mol. The molecule has 0 aliphatic heterocycles. The van der Waals surface area contributed by atoms with Crippen molar-refractivity contribution in [3.8, 4) is 11.3 Å². The average Bonchev–Trinajstić information content (AvgIpc) is 3.01. The van der Waals surface area contributed by atoms with Crippen molar-refractivity contribution >= 4 is 23.2 Å². The number of nitrogens with one attached hydrogen (secondary N) is 1. The number of aromatic nitrogens is 3. The van der Waals surface area contributed by atoms with Gasteiger partial charge in [-0.2, -0.15) is 0 Å². The van der Waals surface area contributed by atoms with Gasteiger partial charge in [-0.15, -0.1) is 0 Å². The molecule has 24 heavy (non-hydrogen) atoms. The minimum Gasteiger partial charge on any atom is -0.348 e. The minimum absolute atomic E-state index is 0.0526. The Kier molecular flexibility index (Phi) is 4.35. The van der Waals surface area contributed by atoms with Gasteiger partial charge in [0.25, 0.3) is 11.5 Å². The van der Waals surface area contributed by atoms with Crippen LogP contribution in [-0.4, -0.2) is 33.1 Å². The number of rotatable bonds is 4. The van der Waals surface area contributed by atoms with Crippen LogP contribution in [0.15, 0.2) is 41.5 Å². The Bertz CT molecular complexity index is 980. The zero-order valence-corrected chi connectivity index (χ0v) is 13.5. The molecule has 3 rings (SSSR count). The van der Waals surface area contributed by atoms with E-state index < -0.39 is 12.6 Å². The maximum atomic E-state index is 12.5. The number of carbonyl (C=O) groups is 1. The van der Waals surface area contributed by atoms with Gasteiger partial charge < -0.3 is 9.88 Å². The summed E-state index contributed by atoms with van der Waals surface area (Å²) in [6.07, 6.45) is 3.11. The highest BCUT2D eigenvalue weighted by Gasteiger charge is 2.16. The summed E-state index contributed by atoms with van der Waals surface area (Å²) in [4.78, 5) is 28.5. The van der Waals surface area contributed by atoms with Crippen LogP contribution < -0.4 is 10.9 Å². The van der Waals surface area contributed by atoms with Gasteiger partial charge in [0.15, 0.2) is 0 Å². The van der Waals surface area contributed by atoms with E-state index >= 15 is 0 Å². The first-order chi connectivity index (χ1) is 11.5. The SMILES string of the molecule is Cn1c(-c2ccccc2Cl)cn2cc(C(=O)NCCF)nc2c1=O. The smallest absolute Gasteiger partial charge is 0.294 e. The quantitative estimate of drug-likeness (QED) is 0.784. The van der Waals surface area contributed by atoms with Crippen molar-refractivity contribution in [1.29, 1.82) is 0 Å². The van der Waals surface area contributed by atoms with E-state index in [9.17, 15) is 14.0 Å². The summed E-state index contributed by atoms with van der Waals surface area (Å²) in [5.74, 6) is -0.530. The lowest BCUT2D eigenvalue weighted by molar-refractivity contribution is 0.0946. The van der Waals surface area contributed by atoms with Crippen LogP contribution in [0.2, 0.25) is 5.02 Å². The number of amides is 1. The molecule has 0 saturated carbocycles. The molecule has 1 N–H and O–H groups in total. The van der Waals surface area contributed by atoms with E-state index in [-0.39, 0.29) is 23.4 Å². The number of hydrogen-bond acceptors (Lipinski definition) is 3. The van der Waals surface area contributed by atoms with Crippen molar-refractivity contribution in [3.63, 3.8) is 0 Å². The third-order valence-corrected chi connectivity index (χ3v) is 3.94. The topological polar surface area (TPSA) is 68.4 Å². The summed E-state index contributed by atoms with van der Waals surface area (Å²) in [5, 5.41) is 2.89. The molecule has 0 spiro atoms. The first kappa shape index (κ1) is 16.2. The molecule has 0 radical (unpaired) electrons. The van der Waals surface area contributed by atoms with Crippen molar-refractivity contribution in [2.45, 2.75) is 0 Å². The largest absolute Gasteiger partial charge is 0.348 e. The van der Waals surface area contributed by atoms with Crippen LogP contribution in [0.4, 0.5) is 4.39 Å². The summed E-state index contributed by atoms with van der Waals surface area (Å²) in [6, 6.07) is 7.15. The number of hydrogen-bond donors (Lipinski definition) is 1. The second-order valence-corrected chi connectivity index (χ2v) is 5.57. The van der Waals surface area contributed by atoms with Crippen LogP contribution in [0.3, 0.4) is 0 Å². The van der Waals surface area contributed by atoms with Crippen molar-refractivity contribution < 1.29 is 9.18 Å². The molecule has 1 amide bonds. The van der Waals surface area contributed by atoms with Gasteiger partial charge in [0.05, 0.1) is 5.69 Å². The lowest BCUT2D eigenvalue weighted by atomic mass is 10.1. The Morgan fingerprint density at radius 3 is 2.79 bits per heavy atom. The number of halogens is 2. The second-order valence-electron chi connectivity index (χ2n) is 5.16. The van der Waals surface area contributed by atoms with E-state index in [2.05, 4.69) is 10.3 Å². The molecule has 6 nitrogen and oxygen atoms in total. The molecule has 0 atom stereocenters. The van der Waals surface area contributed by atoms with Gasteiger partial charge in [-0.1, -0.05) is 29.8 Å². The van der Waals surface area contributed by atoms with Crippen molar-refractivity contribution in [2.75, 3.05) is 13.2 Å². The highest BCUT2D eigenvalue weighted by atomic mass is 35.5. The number of carbonyl (C=O) groups excluding carboxylic acids is 1. The van der Waals surface area contributed by atoms with Gasteiger partial charge in [-0.25, -0.2) is 9.37 Å². The van der Waals surface area contributed by atoms with Crippen LogP contribution >= 0.6 is 11.6 Å². The van der Waals surface area contributed by atoms with Crippen molar-refractivity contribution in [3.05, 3.63) is 57.7 Å². The fourth-order valence-electron chi connectivity index (χ4n) is 2.41. The predicted octanol–water partition coefficient (Wildman–Crippen LogP) is 2.05. The Hall–Kier alpha value is -2.67. The molecular weight excluding hydrogens is 335 g/mol. The molecule has 0 unspecified atom stereocenters. The van der Waals surface area contributed by atoms with Crippen LogP contribution in [-0.2, 0) is 7.05 Å². The molecular formula is C16H14ClFN4O2. The standard InChI is InChI=1S/C16H14ClFN4O2/c1-21-13(10-4-2-3-5-11(10)17)9-22-8-12(15(23)19-7-6-18)20-14(22)16(21)24/h2-5,8-9H,6-7H2,1H3,(H,19,23). The Morgan fingerprint density at radius 2 is 2.08 bits per heavy atom. The van der Waals surface area contributed by atoms with Crippen molar-refractivity contribution in [1.82, 2.24) is 19.3 Å². The van der Waals surface area contributed by atoms with Gasteiger partial charge in [0, 0.05) is 36.6 Å². The molecule has 0 bridgehead atoms. The van der Waals surface area contributed by atoms with E-state index in [0.29, 0.717) is 16.3 Å². The zero-order valence-electron chi connectivity index (χ0n) is 12.8. The highest BCUT2D eigenvalue weighted by molar-refractivity contribution is 6.33. The van der Waals surface area contributed by atoms with Crippen LogP contribution in [0, 0.1) is 0 Å². The number of fused-ring (bicyclic) bond motifs is 1. The van der Waals surface area contributed by atoms with E-state index in [1.807, 2.05) is 6.07 Å². The summed E-state index contributed by atoms with van der Waals surface area (Å²) in [5.41, 5.74) is 1.08. The summed E-state index contributed by atoms with van der Waals surface area (Å²) in [6.45, 7) is -0.771. The molecule has 2 aromatic heterocycles. The fraction of sp³-hybridized carbons (Fsp3) is 0.188. The Balaban J connectivity index is 2.15. The molecule has 8 heteroatoms. The zero-order chi connectivity index (χ0) is 17.3. The molecule has 3 aromatic rings. The van der Waals surface area contributed by atoms with E-state index in [1.165, 1.54) is 15.2 Å². The highest BCUT2D eigenvalue weighted by Crippen LogP contribution is 2.26. The lowest BCUT2D eigenvalue weighted by Crippen LogP contribution is -2.25. The van der Waals surface area contributed by atoms with Gasteiger partial charge >= 0.3 is 0 Å². The minimum atomic E-state index is -0.669. The number of imidazole rings is 1.